The number of nitrogens with zero attached hydrogens (tertiary/aromatic N) is 1. The van der Waals surface area contributed by atoms with Crippen molar-refractivity contribution in [2.45, 2.75) is 16.2 Å². The molecule has 2 heterocycles. The van der Waals surface area contributed by atoms with E-state index in [0.717, 1.165) is 16.9 Å². The number of rotatable bonds is 1. The lowest BCUT2D eigenvalue weighted by Crippen LogP contribution is -2.09. The maximum atomic E-state index is 10.9. The molecule has 2 aromatic carbocycles. The number of benzene rings is 2. The van der Waals surface area contributed by atoms with E-state index in [1.54, 1.807) is 11.8 Å². The van der Waals surface area contributed by atoms with Gasteiger partial charge in [0.1, 0.15) is 6.10 Å². The van der Waals surface area contributed by atoms with Gasteiger partial charge in [0.25, 0.3) is 0 Å². The van der Waals surface area contributed by atoms with Gasteiger partial charge in [-0.3, -0.25) is 0 Å². The van der Waals surface area contributed by atoms with Gasteiger partial charge in [0.05, 0.1) is 16.6 Å². The third kappa shape index (κ3) is 2.09. The molecule has 0 amide bonds. The van der Waals surface area contributed by atoms with E-state index in [0.29, 0.717) is 0 Å². The zero-order valence-corrected chi connectivity index (χ0v) is 12.2. The Balaban J connectivity index is 1.91. The smallest absolute Gasteiger partial charge is 0.111 e. The largest absolute Gasteiger partial charge is 0.385 e. The topological polar surface area (TPSA) is 25.2 Å². The molecule has 2 nitrogen and oxygen atoms in total. The van der Waals surface area contributed by atoms with Gasteiger partial charge >= 0.3 is 0 Å². The molecule has 0 fully saturated rings. The van der Waals surface area contributed by atoms with Gasteiger partial charge in [0.2, 0.25) is 0 Å². The average molecular weight is 293 g/mol. The van der Waals surface area contributed by atoms with Crippen molar-refractivity contribution in [2.75, 3.05) is 0 Å². The normalized spacial score (nSPS) is 20.4. The van der Waals surface area contributed by atoms with Crippen LogP contribution in [-0.2, 0) is 0 Å². The Morgan fingerprint density at radius 2 is 1.62 bits per heavy atom. The zero-order chi connectivity index (χ0) is 14.2. The first kappa shape index (κ1) is 12.7. The molecule has 104 valence electrons. The monoisotopic (exact) mass is 293 g/mol. The lowest BCUT2D eigenvalue weighted by Gasteiger charge is -2.20. The van der Waals surface area contributed by atoms with E-state index in [-0.39, 0.29) is 5.25 Å². The minimum absolute atomic E-state index is 0.00324. The number of aromatic nitrogens is 1. The fraction of sp³-hybridized carbons (Fsp3) is 0.111. The highest BCUT2D eigenvalue weighted by atomic mass is 32.2. The Kier molecular flexibility index (Phi) is 3.09. The summed E-state index contributed by atoms with van der Waals surface area (Å²) in [6.07, 6.45) is 1.49. The van der Waals surface area contributed by atoms with Crippen molar-refractivity contribution in [1.82, 2.24) is 4.57 Å². The molecule has 21 heavy (non-hydrogen) atoms. The number of fused-ring (bicyclic) bond motifs is 3. The van der Waals surface area contributed by atoms with Crippen LogP contribution in [0.3, 0.4) is 0 Å². The van der Waals surface area contributed by atoms with Crippen LogP contribution in [0.1, 0.15) is 22.6 Å². The molecule has 2 atom stereocenters. The molecular formula is C18H15NOS. The fourth-order valence-electron chi connectivity index (χ4n) is 2.86. The Hall–Kier alpha value is -1.97. The summed E-state index contributed by atoms with van der Waals surface area (Å²) in [7, 11) is 0. The third-order valence-electron chi connectivity index (χ3n) is 3.88. The molecule has 1 N–H and O–H groups in total. The number of thioether (sulfide) groups is 1. The molecule has 0 saturated carbocycles. The van der Waals surface area contributed by atoms with Crippen molar-refractivity contribution in [3.63, 3.8) is 0 Å². The molecule has 0 spiro atoms. The molecule has 0 bridgehead atoms. The molecule has 0 aliphatic carbocycles. The molecule has 1 aliphatic rings. The van der Waals surface area contributed by atoms with Gasteiger partial charge in [-0.05, 0) is 29.8 Å². The molecular weight excluding hydrogens is 278 g/mol. The Labute approximate surface area is 128 Å². The van der Waals surface area contributed by atoms with Gasteiger partial charge in [0.15, 0.2) is 0 Å². The van der Waals surface area contributed by atoms with Crippen LogP contribution in [0.4, 0.5) is 0 Å². The van der Waals surface area contributed by atoms with E-state index >= 15 is 0 Å². The van der Waals surface area contributed by atoms with Gasteiger partial charge in [-0.25, -0.2) is 0 Å². The summed E-state index contributed by atoms with van der Waals surface area (Å²) >= 11 is 1.73. The second-order valence-electron chi connectivity index (χ2n) is 5.16. The van der Waals surface area contributed by atoms with Gasteiger partial charge in [-0.2, -0.15) is 0 Å². The fourth-order valence-corrected chi connectivity index (χ4v) is 4.14. The van der Waals surface area contributed by atoms with E-state index in [9.17, 15) is 5.11 Å². The number of aliphatic hydroxyl groups is 1. The van der Waals surface area contributed by atoms with Crippen molar-refractivity contribution in [2.24, 2.45) is 0 Å². The highest BCUT2D eigenvalue weighted by Crippen LogP contribution is 2.48. The van der Waals surface area contributed by atoms with Crippen molar-refractivity contribution < 1.29 is 5.11 Å². The molecule has 0 unspecified atom stereocenters. The summed E-state index contributed by atoms with van der Waals surface area (Å²) in [4.78, 5) is 1.19. The minimum atomic E-state index is -0.528. The summed E-state index contributed by atoms with van der Waals surface area (Å²) < 4.78 is 2.09. The predicted molar refractivity (Wildman–Crippen MR) is 85.8 cm³/mol. The van der Waals surface area contributed by atoms with E-state index in [1.165, 1.54) is 4.90 Å². The van der Waals surface area contributed by atoms with Gasteiger partial charge in [-0.1, -0.05) is 42.5 Å². The number of hydrogen-bond acceptors (Lipinski definition) is 2. The SMILES string of the molecule is O[C@@H]1c2cccn2-c2ccccc2S[C@H]1c1ccccc1. The number of hydrogen-bond donors (Lipinski definition) is 1. The molecule has 0 saturated heterocycles. The maximum absolute atomic E-state index is 10.9. The Morgan fingerprint density at radius 1 is 0.857 bits per heavy atom. The highest BCUT2D eigenvalue weighted by Gasteiger charge is 2.30. The van der Waals surface area contributed by atoms with E-state index < -0.39 is 6.10 Å². The summed E-state index contributed by atoms with van der Waals surface area (Å²) in [6.45, 7) is 0. The average Bonchev–Trinajstić information content (AvgIpc) is 2.98. The first-order valence-electron chi connectivity index (χ1n) is 7.01. The van der Waals surface area contributed by atoms with Crippen LogP contribution in [0.25, 0.3) is 5.69 Å². The maximum Gasteiger partial charge on any atom is 0.111 e. The third-order valence-corrected chi connectivity index (χ3v) is 5.26. The van der Waals surface area contributed by atoms with Crippen LogP contribution in [0.15, 0.2) is 77.8 Å². The zero-order valence-electron chi connectivity index (χ0n) is 11.4. The van der Waals surface area contributed by atoms with Crippen LogP contribution in [0.5, 0.6) is 0 Å². The molecule has 3 heteroatoms. The van der Waals surface area contributed by atoms with Crippen molar-refractivity contribution in [3.8, 4) is 5.69 Å². The summed E-state index contributed by atoms with van der Waals surface area (Å²) in [6, 6.07) is 22.5. The number of aliphatic hydroxyl groups excluding tert-OH is 1. The molecule has 0 radical (unpaired) electrons. The first-order valence-corrected chi connectivity index (χ1v) is 7.89. The summed E-state index contributed by atoms with van der Waals surface area (Å²) in [5.41, 5.74) is 3.24. The van der Waals surface area contributed by atoms with Gasteiger partial charge < -0.3 is 9.67 Å². The predicted octanol–water partition coefficient (Wildman–Crippen LogP) is 4.36. The van der Waals surface area contributed by atoms with Crippen LogP contribution in [0, 0.1) is 0 Å². The van der Waals surface area contributed by atoms with E-state index in [4.69, 9.17) is 0 Å². The quantitative estimate of drug-likeness (QED) is 0.721. The summed E-state index contributed by atoms with van der Waals surface area (Å²) in [5.74, 6) is 0. The lowest BCUT2D eigenvalue weighted by molar-refractivity contribution is 0.169. The van der Waals surface area contributed by atoms with Crippen LogP contribution >= 0.6 is 11.8 Å². The van der Waals surface area contributed by atoms with Crippen molar-refractivity contribution in [3.05, 3.63) is 84.2 Å². The second kappa shape index (κ2) is 5.10. The van der Waals surface area contributed by atoms with Gasteiger partial charge in [0, 0.05) is 11.1 Å². The molecule has 4 rings (SSSR count). The van der Waals surface area contributed by atoms with Gasteiger partial charge in [-0.15, -0.1) is 11.8 Å². The standard InChI is InChI=1S/C18H15NOS/c20-17-15-10-6-12-19(15)14-9-4-5-11-16(14)21-18(17)13-7-2-1-3-8-13/h1-12,17-18,20H/t17-,18+/m1/s1. The molecule has 3 aromatic rings. The molecule has 1 aliphatic heterocycles. The summed E-state index contributed by atoms with van der Waals surface area (Å²) in [5, 5.41) is 10.9. The molecule has 1 aromatic heterocycles. The minimum Gasteiger partial charge on any atom is -0.385 e. The van der Waals surface area contributed by atoms with Crippen molar-refractivity contribution in [1.29, 1.82) is 0 Å². The van der Waals surface area contributed by atoms with Crippen LogP contribution in [-0.4, -0.2) is 9.67 Å². The Bertz CT molecular complexity index is 766. The van der Waals surface area contributed by atoms with E-state index in [2.05, 4.69) is 34.9 Å². The van der Waals surface area contributed by atoms with Crippen molar-refractivity contribution >= 4 is 11.8 Å². The highest BCUT2D eigenvalue weighted by molar-refractivity contribution is 7.99. The van der Waals surface area contributed by atoms with E-state index in [1.807, 2.05) is 42.6 Å². The lowest BCUT2D eigenvalue weighted by atomic mass is 10.0. The van der Waals surface area contributed by atoms with Crippen LogP contribution < -0.4 is 0 Å². The number of para-hydroxylation sites is 1. The van der Waals surface area contributed by atoms with Crippen LogP contribution in [0.2, 0.25) is 0 Å². The Morgan fingerprint density at radius 3 is 2.48 bits per heavy atom. The first-order chi connectivity index (χ1) is 10.3. The second-order valence-corrected chi connectivity index (χ2v) is 6.35.